The Kier molecular flexibility index (Phi) is 6.19. The number of benzene rings is 3. The highest BCUT2D eigenvalue weighted by Crippen LogP contribution is 2.20. The number of nitrogens with one attached hydrogen (secondary N) is 1. The molecule has 2 N–H and O–H groups in total. The zero-order chi connectivity index (χ0) is 20.9. The molecule has 0 unspecified atom stereocenters. The highest BCUT2D eigenvalue weighted by atomic mass is 32.2. The third-order valence-corrected chi connectivity index (χ3v) is 5.88. The number of hydrogen-bond acceptors (Lipinski definition) is 4. The Morgan fingerprint density at radius 1 is 0.862 bits per heavy atom. The number of carboxylic acid groups (broad SMARTS) is 1. The van der Waals surface area contributed by atoms with E-state index in [0.717, 1.165) is 24.0 Å². The Bertz CT molecular complexity index is 1070. The summed E-state index contributed by atoms with van der Waals surface area (Å²) < 4.78 is 32.6. The standard InChI is InChI=1S/C22H21NO5S/c1-28-20-12-14-21(15-13-20)29(26,27)23-19-10-6-17(7-11-19)3-2-16-4-8-18(9-5-16)22(24)25/h4-15,23H,2-3H2,1H3,(H,24,25). The van der Waals surface area contributed by atoms with Gasteiger partial charge in [-0.25, -0.2) is 13.2 Å². The fourth-order valence-electron chi connectivity index (χ4n) is 2.81. The van der Waals surface area contributed by atoms with E-state index in [4.69, 9.17) is 9.84 Å². The monoisotopic (exact) mass is 411 g/mol. The van der Waals surface area contributed by atoms with Gasteiger partial charge >= 0.3 is 5.97 Å². The van der Waals surface area contributed by atoms with E-state index in [1.54, 1.807) is 48.5 Å². The molecule has 0 aliphatic carbocycles. The Labute approximate surface area is 169 Å². The van der Waals surface area contributed by atoms with Crippen LogP contribution >= 0.6 is 0 Å². The number of ether oxygens (including phenoxy) is 1. The van der Waals surface area contributed by atoms with Crippen LogP contribution in [-0.4, -0.2) is 26.6 Å². The number of aryl methyl sites for hydroxylation is 2. The van der Waals surface area contributed by atoms with Crippen LogP contribution in [0.3, 0.4) is 0 Å². The van der Waals surface area contributed by atoms with Crippen molar-refractivity contribution in [2.45, 2.75) is 17.7 Å². The van der Waals surface area contributed by atoms with Crippen molar-refractivity contribution in [2.75, 3.05) is 11.8 Å². The maximum atomic E-state index is 12.5. The molecule has 0 bridgehead atoms. The number of rotatable bonds is 8. The SMILES string of the molecule is COc1ccc(S(=O)(=O)Nc2ccc(CCc3ccc(C(=O)O)cc3)cc2)cc1. The summed E-state index contributed by atoms with van der Waals surface area (Å²) in [4.78, 5) is 11.0. The molecule has 7 heteroatoms. The van der Waals surface area contributed by atoms with Gasteiger partial charge < -0.3 is 9.84 Å². The molecule has 0 spiro atoms. The zero-order valence-corrected chi connectivity index (χ0v) is 16.6. The number of aromatic carboxylic acids is 1. The number of hydrogen-bond donors (Lipinski definition) is 2. The van der Waals surface area contributed by atoms with Crippen molar-refractivity contribution in [3.05, 3.63) is 89.5 Å². The molecule has 0 aliphatic heterocycles. The Balaban J connectivity index is 1.61. The van der Waals surface area contributed by atoms with Crippen LogP contribution in [0.25, 0.3) is 0 Å². The van der Waals surface area contributed by atoms with E-state index in [1.165, 1.54) is 19.2 Å². The second-order valence-corrected chi connectivity index (χ2v) is 8.16. The normalized spacial score (nSPS) is 11.1. The number of carboxylic acids is 1. The molecule has 0 saturated carbocycles. The van der Waals surface area contributed by atoms with Crippen molar-refractivity contribution in [1.29, 1.82) is 0 Å². The average Bonchev–Trinajstić information content (AvgIpc) is 2.73. The van der Waals surface area contributed by atoms with Gasteiger partial charge in [0.25, 0.3) is 10.0 Å². The fraction of sp³-hybridized carbons (Fsp3) is 0.136. The highest BCUT2D eigenvalue weighted by molar-refractivity contribution is 7.92. The van der Waals surface area contributed by atoms with Crippen molar-refractivity contribution >= 4 is 21.7 Å². The smallest absolute Gasteiger partial charge is 0.335 e. The van der Waals surface area contributed by atoms with Crippen LogP contribution in [0.2, 0.25) is 0 Å². The van der Waals surface area contributed by atoms with Crippen molar-refractivity contribution < 1.29 is 23.1 Å². The molecule has 0 fully saturated rings. The second-order valence-electron chi connectivity index (χ2n) is 6.48. The molecule has 0 heterocycles. The van der Waals surface area contributed by atoms with Crippen LogP contribution in [-0.2, 0) is 22.9 Å². The Morgan fingerprint density at radius 3 is 1.86 bits per heavy atom. The lowest BCUT2D eigenvalue weighted by Gasteiger charge is -2.10. The first-order valence-electron chi connectivity index (χ1n) is 8.95. The number of carbonyl (C=O) groups is 1. The maximum absolute atomic E-state index is 12.5. The molecule has 0 aliphatic rings. The first-order chi connectivity index (χ1) is 13.9. The van der Waals surface area contributed by atoms with E-state index in [-0.39, 0.29) is 10.5 Å². The van der Waals surface area contributed by atoms with E-state index >= 15 is 0 Å². The summed E-state index contributed by atoms with van der Waals surface area (Å²) in [6.07, 6.45) is 1.52. The Morgan fingerprint density at radius 2 is 1.38 bits per heavy atom. The number of anilines is 1. The van der Waals surface area contributed by atoms with E-state index in [1.807, 2.05) is 12.1 Å². The molecular formula is C22H21NO5S. The number of sulfonamides is 1. The minimum Gasteiger partial charge on any atom is -0.497 e. The summed E-state index contributed by atoms with van der Waals surface area (Å²) in [5, 5.41) is 8.93. The van der Waals surface area contributed by atoms with Gasteiger partial charge in [-0.2, -0.15) is 0 Å². The van der Waals surface area contributed by atoms with Gasteiger partial charge in [0.2, 0.25) is 0 Å². The first kappa shape index (κ1) is 20.4. The van der Waals surface area contributed by atoms with E-state index in [2.05, 4.69) is 4.72 Å². The van der Waals surface area contributed by atoms with Crippen LogP contribution in [0.5, 0.6) is 5.75 Å². The summed E-state index contributed by atoms with van der Waals surface area (Å²) in [6.45, 7) is 0. The molecule has 0 aromatic heterocycles. The molecule has 29 heavy (non-hydrogen) atoms. The van der Waals surface area contributed by atoms with Gasteiger partial charge in [0.05, 0.1) is 17.6 Å². The van der Waals surface area contributed by atoms with Gasteiger partial charge in [0, 0.05) is 5.69 Å². The molecule has 0 saturated heterocycles. The second kappa shape index (κ2) is 8.79. The topological polar surface area (TPSA) is 92.7 Å². The van der Waals surface area contributed by atoms with Gasteiger partial charge in [0.15, 0.2) is 0 Å². The molecule has 150 valence electrons. The molecule has 6 nitrogen and oxygen atoms in total. The van der Waals surface area contributed by atoms with Crippen molar-refractivity contribution in [1.82, 2.24) is 0 Å². The summed E-state index contributed by atoms with van der Waals surface area (Å²) in [5.74, 6) is -0.352. The molecule has 3 aromatic carbocycles. The maximum Gasteiger partial charge on any atom is 0.335 e. The minimum atomic E-state index is -3.67. The first-order valence-corrected chi connectivity index (χ1v) is 10.4. The molecule has 0 amide bonds. The van der Waals surface area contributed by atoms with Crippen LogP contribution < -0.4 is 9.46 Å². The van der Waals surface area contributed by atoms with Crippen LogP contribution in [0, 0.1) is 0 Å². The van der Waals surface area contributed by atoms with Gasteiger partial charge in [-0.1, -0.05) is 24.3 Å². The Hall–Kier alpha value is -3.32. The van der Waals surface area contributed by atoms with Gasteiger partial charge in [0.1, 0.15) is 5.75 Å². The molecule has 0 radical (unpaired) electrons. The third kappa shape index (κ3) is 5.36. The fourth-order valence-corrected chi connectivity index (χ4v) is 3.87. The summed E-state index contributed by atoms with van der Waals surface area (Å²) >= 11 is 0. The van der Waals surface area contributed by atoms with Crippen molar-refractivity contribution in [3.8, 4) is 5.75 Å². The van der Waals surface area contributed by atoms with E-state index in [0.29, 0.717) is 11.4 Å². The van der Waals surface area contributed by atoms with Crippen LogP contribution in [0.15, 0.2) is 77.7 Å². The molecule has 0 atom stereocenters. The lowest BCUT2D eigenvalue weighted by Crippen LogP contribution is -2.12. The lowest BCUT2D eigenvalue weighted by molar-refractivity contribution is 0.0697. The largest absolute Gasteiger partial charge is 0.497 e. The van der Waals surface area contributed by atoms with Crippen molar-refractivity contribution in [2.24, 2.45) is 0 Å². The van der Waals surface area contributed by atoms with Crippen LogP contribution in [0.4, 0.5) is 5.69 Å². The summed E-state index contributed by atoms with van der Waals surface area (Å²) in [5.41, 5.74) is 2.84. The summed E-state index contributed by atoms with van der Waals surface area (Å²) in [6, 6.07) is 20.2. The molecular weight excluding hydrogens is 390 g/mol. The predicted octanol–water partition coefficient (Wildman–Crippen LogP) is 3.98. The summed E-state index contributed by atoms with van der Waals surface area (Å²) in [7, 11) is -2.15. The lowest BCUT2D eigenvalue weighted by atomic mass is 10.0. The van der Waals surface area contributed by atoms with Gasteiger partial charge in [-0.15, -0.1) is 0 Å². The van der Waals surface area contributed by atoms with Crippen molar-refractivity contribution in [3.63, 3.8) is 0 Å². The quantitative estimate of drug-likeness (QED) is 0.585. The van der Waals surface area contributed by atoms with Gasteiger partial charge in [-0.05, 0) is 72.5 Å². The predicted molar refractivity (Wildman–Crippen MR) is 111 cm³/mol. The molecule has 3 aromatic rings. The average molecular weight is 411 g/mol. The van der Waals surface area contributed by atoms with Gasteiger partial charge in [-0.3, -0.25) is 4.72 Å². The van der Waals surface area contributed by atoms with Crippen LogP contribution in [0.1, 0.15) is 21.5 Å². The highest BCUT2D eigenvalue weighted by Gasteiger charge is 2.14. The zero-order valence-electron chi connectivity index (χ0n) is 15.8. The number of methoxy groups -OCH3 is 1. The minimum absolute atomic E-state index is 0.159. The third-order valence-electron chi connectivity index (χ3n) is 4.48. The van der Waals surface area contributed by atoms with E-state index in [9.17, 15) is 13.2 Å². The molecule has 3 rings (SSSR count). The van der Waals surface area contributed by atoms with E-state index < -0.39 is 16.0 Å².